The number of nitrogens with zero attached hydrogens (tertiary/aromatic N) is 5. The molecule has 4 aromatic heterocycles. The standard InChI is InChI=1S/C24H20F5N5O2S/c1-3-37(35,36)19-9-14(17-6-4-5-16(32-17)13-7-8-13)11-30-20(19)22-33-18-10-15(12-31-21(18)34(22)2)23(25,26)24(27,28)29/h4-6,9-13H,3,7-8H2,1-2H3. The van der Waals surface area contributed by atoms with Crippen molar-refractivity contribution in [3.05, 3.63) is 54.0 Å². The van der Waals surface area contributed by atoms with E-state index in [9.17, 15) is 30.4 Å². The molecule has 0 aromatic carbocycles. The summed E-state index contributed by atoms with van der Waals surface area (Å²) in [5.41, 5.74) is 0.195. The zero-order valence-corrected chi connectivity index (χ0v) is 20.4. The molecular weight excluding hydrogens is 517 g/mol. The smallest absolute Gasteiger partial charge is 0.310 e. The van der Waals surface area contributed by atoms with Crippen LogP contribution < -0.4 is 0 Å². The summed E-state index contributed by atoms with van der Waals surface area (Å²) >= 11 is 0. The number of sulfone groups is 1. The number of aromatic nitrogens is 5. The predicted octanol–water partition coefficient (Wildman–Crippen LogP) is 5.42. The molecule has 1 aliphatic carbocycles. The highest BCUT2D eigenvalue weighted by atomic mass is 32.2. The van der Waals surface area contributed by atoms with Gasteiger partial charge in [-0.25, -0.2) is 18.4 Å². The molecule has 0 saturated heterocycles. The molecule has 5 rings (SSSR count). The van der Waals surface area contributed by atoms with Gasteiger partial charge in [-0.3, -0.25) is 9.97 Å². The molecule has 7 nitrogen and oxygen atoms in total. The molecule has 13 heteroatoms. The first-order chi connectivity index (χ1) is 17.3. The number of pyridine rings is 3. The Hall–Kier alpha value is -3.48. The van der Waals surface area contributed by atoms with Crippen molar-refractivity contribution in [3.8, 4) is 22.8 Å². The molecule has 0 aliphatic heterocycles. The highest BCUT2D eigenvalue weighted by molar-refractivity contribution is 7.91. The van der Waals surface area contributed by atoms with Gasteiger partial charge in [0.05, 0.1) is 21.9 Å². The molecule has 1 fully saturated rings. The lowest BCUT2D eigenvalue weighted by molar-refractivity contribution is -0.289. The van der Waals surface area contributed by atoms with Gasteiger partial charge in [0, 0.05) is 36.6 Å². The number of aryl methyl sites for hydroxylation is 1. The summed E-state index contributed by atoms with van der Waals surface area (Å²) in [6.07, 6.45) is -1.87. The highest BCUT2D eigenvalue weighted by Gasteiger charge is 2.59. The van der Waals surface area contributed by atoms with E-state index in [1.807, 2.05) is 12.1 Å². The van der Waals surface area contributed by atoms with Gasteiger partial charge in [-0.05, 0) is 37.1 Å². The van der Waals surface area contributed by atoms with Gasteiger partial charge in [0.15, 0.2) is 21.3 Å². The van der Waals surface area contributed by atoms with Crippen LogP contribution >= 0.6 is 0 Å². The van der Waals surface area contributed by atoms with E-state index in [-0.39, 0.29) is 33.3 Å². The van der Waals surface area contributed by atoms with Crippen LogP contribution in [0.4, 0.5) is 22.0 Å². The van der Waals surface area contributed by atoms with Crippen molar-refractivity contribution in [2.24, 2.45) is 7.05 Å². The van der Waals surface area contributed by atoms with Crippen LogP contribution in [0.25, 0.3) is 33.9 Å². The Morgan fingerprint density at radius 3 is 2.41 bits per heavy atom. The molecule has 1 aliphatic rings. The Kier molecular flexibility index (Phi) is 5.81. The Morgan fingerprint density at radius 2 is 1.76 bits per heavy atom. The Bertz CT molecular complexity index is 1630. The molecule has 0 bridgehead atoms. The van der Waals surface area contributed by atoms with Crippen LogP contribution in [0.1, 0.15) is 36.9 Å². The van der Waals surface area contributed by atoms with Gasteiger partial charge in [0.25, 0.3) is 0 Å². The third-order valence-corrected chi connectivity index (χ3v) is 8.01. The number of halogens is 5. The number of hydrogen-bond acceptors (Lipinski definition) is 6. The molecule has 0 N–H and O–H groups in total. The molecule has 0 unspecified atom stereocenters. The van der Waals surface area contributed by atoms with Crippen molar-refractivity contribution in [1.29, 1.82) is 0 Å². The fourth-order valence-corrected chi connectivity index (χ4v) is 5.04. The lowest BCUT2D eigenvalue weighted by Gasteiger charge is -2.19. The van der Waals surface area contributed by atoms with E-state index < -0.39 is 27.5 Å². The summed E-state index contributed by atoms with van der Waals surface area (Å²) < 4.78 is 93.7. The van der Waals surface area contributed by atoms with Crippen LogP contribution in [0.5, 0.6) is 0 Å². The van der Waals surface area contributed by atoms with Gasteiger partial charge in [-0.2, -0.15) is 22.0 Å². The van der Waals surface area contributed by atoms with Gasteiger partial charge in [-0.15, -0.1) is 0 Å². The van der Waals surface area contributed by atoms with Crippen molar-refractivity contribution in [2.45, 2.75) is 42.7 Å². The van der Waals surface area contributed by atoms with Crippen LogP contribution in [-0.2, 0) is 22.8 Å². The lowest BCUT2D eigenvalue weighted by Crippen LogP contribution is -2.33. The minimum Gasteiger partial charge on any atom is -0.310 e. The second-order valence-electron chi connectivity index (χ2n) is 8.83. The van der Waals surface area contributed by atoms with Crippen molar-refractivity contribution < 1.29 is 30.4 Å². The molecule has 0 amide bonds. The fraction of sp³-hybridized carbons (Fsp3) is 0.333. The minimum absolute atomic E-state index is 0.0127. The molecule has 37 heavy (non-hydrogen) atoms. The van der Waals surface area contributed by atoms with Gasteiger partial charge >= 0.3 is 12.1 Å². The van der Waals surface area contributed by atoms with Gasteiger partial charge < -0.3 is 4.57 Å². The highest BCUT2D eigenvalue weighted by Crippen LogP contribution is 2.44. The molecule has 0 radical (unpaired) electrons. The average Bonchev–Trinajstić information content (AvgIpc) is 3.67. The van der Waals surface area contributed by atoms with Crippen molar-refractivity contribution in [2.75, 3.05) is 5.75 Å². The van der Waals surface area contributed by atoms with Crippen LogP contribution in [0.15, 0.2) is 47.6 Å². The summed E-state index contributed by atoms with van der Waals surface area (Å²) in [5.74, 6) is -5.06. The van der Waals surface area contributed by atoms with E-state index in [1.54, 1.807) is 6.07 Å². The average molecular weight is 538 g/mol. The molecular formula is C24H20F5N5O2S. The van der Waals surface area contributed by atoms with E-state index in [0.717, 1.165) is 18.5 Å². The van der Waals surface area contributed by atoms with Gasteiger partial charge in [0.2, 0.25) is 0 Å². The number of alkyl halides is 5. The third kappa shape index (κ3) is 4.34. The van der Waals surface area contributed by atoms with E-state index in [2.05, 4.69) is 19.9 Å². The van der Waals surface area contributed by atoms with Gasteiger partial charge in [-0.1, -0.05) is 13.0 Å². The van der Waals surface area contributed by atoms with Crippen LogP contribution in [0, 0.1) is 0 Å². The first-order valence-electron chi connectivity index (χ1n) is 11.3. The number of hydrogen-bond donors (Lipinski definition) is 0. The van der Waals surface area contributed by atoms with Crippen molar-refractivity contribution in [1.82, 2.24) is 24.5 Å². The fourth-order valence-electron chi connectivity index (χ4n) is 3.99. The topological polar surface area (TPSA) is 90.6 Å². The Morgan fingerprint density at radius 1 is 1.03 bits per heavy atom. The minimum atomic E-state index is -5.81. The van der Waals surface area contributed by atoms with E-state index >= 15 is 0 Å². The number of imidazole rings is 1. The third-order valence-electron chi connectivity index (χ3n) is 6.27. The molecule has 0 spiro atoms. The molecule has 1 saturated carbocycles. The lowest BCUT2D eigenvalue weighted by atomic mass is 10.1. The van der Waals surface area contributed by atoms with Gasteiger partial charge in [0.1, 0.15) is 11.2 Å². The maximum absolute atomic E-state index is 13.9. The summed E-state index contributed by atoms with van der Waals surface area (Å²) in [6.45, 7) is 1.46. The zero-order chi connectivity index (χ0) is 26.8. The Balaban J connectivity index is 1.66. The predicted molar refractivity (Wildman–Crippen MR) is 125 cm³/mol. The SMILES string of the molecule is CCS(=O)(=O)c1cc(-c2cccc(C3CC3)n2)cnc1-c1nc2cc(C(F)(F)C(F)(F)F)cnc2n1C. The number of fused-ring (bicyclic) bond motifs is 1. The monoisotopic (exact) mass is 537 g/mol. The summed E-state index contributed by atoms with van der Waals surface area (Å²) in [6, 6.07) is 7.51. The molecule has 4 aromatic rings. The van der Waals surface area contributed by atoms with Crippen molar-refractivity contribution >= 4 is 21.0 Å². The Labute approximate surface area is 208 Å². The second kappa shape index (κ2) is 8.54. The molecule has 194 valence electrons. The van der Waals surface area contributed by atoms with Crippen molar-refractivity contribution in [3.63, 3.8) is 0 Å². The summed E-state index contributed by atoms with van der Waals surface area (Å²) in [7, 11) is -2.42. The van der Waals surface area contributed by atoms with Crippen LogP contribution in [0.3, 0.4) is 0 Å². The largest absolute Gasteiger partial charge is 0.458 e. The second-order valence-corrected chi connectivity index (χ2v) is 11.1. The van der Waals surface area contributed by atoms with E-state index in [0.29, 0.717) is 29.4 Å². The molecule has 0 atom stereocenters. The molecule has 4 heterocycles. The quantitative estimate of drug-likeness (QED) is 0.305. The summed E-state index contributed by atoms with van der Waals surface area (Å²) in [4.78, 5) is 16.7. The first kappa shape index (κ1) is 25.2. The zero-order valence-electron chi connectivity index (χ0n) is 19.6. The first-order valence-corrected chi connectivity index (χ1v) is 13.0. The normalized spacial score (nSPS) is 14.9. The van der Waals surface area contributed by atoms with Crippen LogP contribution in [0.2, 0.25) is 0 Å². The number of rotatable bonds is 6. The maximum atomic E-state index is 13.9. The maximum Gasteiger partial charge on any atom is 0.458 e. The van der Waals surface area contributed by atoms with E-state index in [4.69, 9.17) is 0 Å². The summed E-state index contributed by atoms with van der Waals surface area (Å²) in [5, 5.41) is 0. The van der Waals surface area contributed by atoms with Crippen LogP contribution in [-0.4, -0.2) is 44.8 Å². The van der Waals surface area contributed by atoms with E-state index in [1.165, 1.54) is 30.8 Å².